The van der Waals surface area contributed by atoms with Crippen molar-refractivity contribution in [1.29, 1.82) is 0 Å². The Morgan fingerprint density at radius 2 is 1.81 bits per heavy atom. The summed E-state index contributed by atoms with van der Waals surface area (Å²) in [6, 6.07) is 9.08. The van der Waals surface area contributed by atoms with Gasteiger partial charge in [0.1, 0.15) is 0 Å². The van der Waals surface area contributed by atoms with Gasteiger partial charge < -0.3 is 5.32 Å². The summed E-state index contributed by atoms with van der Waals surface area (Å²) in [5.41, 5.74) is 1.31. The topological polar surface area (TPSA) is 110 Å². The summed E-state index contributed by atoms with van der Waals surface area (Å²) in [7, 11) is -2.93. The minimum absolute atomic E-state index is 0.0414. The minimum atomic E-state index is -4.14. The lowest BCUT2D eigenvalue weighted by Gasteiger charge is -2.17. The van der Waals surface area contributed by atoms with Crippen LogP contribution >= 0.6 is 11.6 Å². The molecule has 2 aromatic carbocycles. The van der Waals surface area contributed by atoms with E-state index in [1.165, 1.54) is 14.0 Å². The number of hydrogen-bond acceptors (Lipinski definition) is 5. The maximum atomic E-state index is 12.7. The van der Waals surface area contributed by atoms with Crippen molar-refractivity contribution in [3.8, 4) is 0 Å². The van der Waals surface area contributed by atoms with Gasteiger partial charge in [0.15, 0.2) is 0 Å². The molecular weight excluding hydrogens is 394 g/mol. The van der Waals surface area contributed by atoms with Gasteiger partial charge in [-0.15, -0.1) is 0 Å². The average molecular weight is 412 g/mol. The van der Waals surface area contributed by atoms with E-state index >= 15 is 0 Å². The number of anilines is 1. The molecule has 2 aromatic rings. The smallest absolute Gasteiger partial charge is 0.275 e. The highest BCUT2D eigenvalue weighted by Crippen LogP contribution is 2.30. The molecule has 8 nitrogen and oxygen atoms in total. The van der Waals surface area contributed by atoms with Gasteiger partial charge in [0.2, 0.25) is 15.9 Å². The molecule has 0 saturated heterocycles. The van der Waals surface area contributed by atoms with E-state index in [0.29, 0.717) is 5.69 Å². The summed E-state index contributed by atoms with van der Waals surface area (Å²) in [6.45, 7) is 2.86. The van der Waals surface area contributed by atoms with Crippen molar-refractivity contribution in [1.82, 2.24) is 4.31 Å². The summed E-state index contributed by atoms with van der Waals surface area (Å²) in [4.78, 5) is 22.2. The van der Waals surface area contributed by atoms with Crippen LogP contribution in [0.25, 0.3) is 0 Å². The van der Waals surface area contributed by atoms with Crippen molar-refractivity contribution in [2.45, 2.75) is 18.7 Å². The second-order valence-electron chi connectivity index (χ2n) is 5.98. The van der Waals surface area contributed by atoms with E-state index in [-0.39, 0.29) is 15.5 Å². The van der Waals surface area contributed by atoms with E-state index in [4.69, 9.17) is 11.6 Å². The molecule has 0 aliphatic rings. The van der Waals surface area contributed by atoms with E-state index < -0.39 is 33.1 Å². The van der Waals surface area contributed by atoms with E-state index in [2.05, 4.69) is 5.32 Å². The van der Waals surface area contributed by atoms with Gasteiger partial charge >= 0.3 is 0 Å². The van der Waals surface area contributed by atoms with Crippen LogP contribution in [0.4, 0.5) is 11.4 Å². The van der Waals surface area contributed by atoms with Crippen molar-refractivity contribution in [2.24, 2.45) is 0 Å². The molecule has 1 N–H and O–H groups in total. The number of nitrogens with one attached hydrogen (secondary N) is 1. The van der Waals surface area contributed by atoms with E-state index in [1.54, 1.807) is 12.1 Å². The van der Waals surface area contributed by atoms with Crippen LogP contribution in [0, 0.1) is 24.0 Å². The van der Waals surface area contributed by atoms with Crippen LogP contribution in [0.3, 0.4) is 0 Å². The molecule has 0 radical (unpaired) electrons. The lowest BCUT2D eigenvalue weighted by molar-refractivity contribution is -0.385. The zero-order chi connectivity index (χ0) is 20.4. The third kappa shape index (κ3) is 4.82. The second kappa shape index (κ2) is 8.03. The molecule has 0 atom stereocenters. The quantitative estimate of drug-likeness (QED) is 0.580. The lowest BCUT2D eigenvalue weighted by Crippen LogP contribution is -2.35. The van der Waals surface area contributed by atoms with Gasteiger partial charge in [0.05, 0.1) is 21.4 Å². The number of aryl methyl sites for hydroxylation is 1. The first-order valence-corrected chi connectivity index (χ1v) is 9.61. The first-order valence-electron chi connectivity index (χ1n) is 7.79. The lowest BCUT2D eigenvalue weighted by atomic mass is 10.2. The van der Waals surface area contributed by atoms with E-state index in [0.717, 1.165) is 22.0 Å². The SMILES string of the molecule is Cc1ccc(NC(=O)CN(C)S(=O)(=O)c2cc(Cl)c(C)c([N+](=O)[O-])c2)cc1. The Bertz CT molecular complexity index is 990. The zero-order valence-electron chi connectivity index (χ0n) is 14.9. The third-order valence-electron chi connectivity index (χ3n) is 3.90. The molecule has 0 spiro atoms. The first-order chi connectivity index (χ1) is 12.5. The number of carbonyl (C=O) groups excluding carboxylic acids is 1. The van der Waals surface area contributed by atoms with Gasteiger partial charge in [0.25, 0.3) is 5.69 Å². The summed E-state index contributed by atoms with van der Waals surface area (Å²) in [5.74, 6) is -0.544. The molecule has 0 fully saturated rings. The number of likely N-dealkylation sites (N-methyl/N-ethyl adjacent to an activating group) is 1. The average Bonchev–Trinajstić information content (AvgIpc) is 2.58. The van der Waals surface area contributed by atoms with Crippen molar-refractivity contribution in [3.63, 3.8) is 0 Å². The number of amides is 1. The fourth-order valence-electron chi connectivity index (χ4n) is 2.28. The fraction of sp³-hybridized carbons (Fsp3) is 0.235. The Morgan fingerprint density at radius 3 is 2.37 bits per heavy atom. The standard InChI is InChI=1S/C17H18ClN3O5S/c1-11-4-6-13(7-5-11)19-17(22)10-20(3)27(25,26)14-8-15(18)12(2)16(9-14)21(23)24/h4-9H,10H2,1-3H3,(H,19,22). The Morgan fingerprint density at radius 1 is 1.22 bits per heavy atom. The van der Waals surface area contributed by atoms with Gasteiger partial charge in [0, 0.05) is 24.4 Å². The molecule has 1 amide bonds. The Balaban J connectivity index is 2.22. The highest BCUT2D eigenvalue weighted by atomic mass is 35.5. The first kappa shape index (κ1) is 20.8. The van der Waals surface area contributed by atoms with Crippen molar-refractivity contribution >= 4 is 38.9 Å². The van der Waals surface area contributed by atoms with Gasteiger partial charge in [-0.25, -0.2) is 8.42 Å². The summed E-state index contributed by atoms with van der Waals surface area (Å²) in [5, 5.41) is 13.7. The van der Waals surface area contributed by atoms with Gasteiger partial charge in [-0.2, -0.15) is 4.31 Å². The molecular formula is C17H18ClN3O5S. The molecule has 0 unspecified atom stereocenters. The van der Waals surface area contributed by atoms with Crippen molar-refractivity contribution < 1.29 is 18.1 Å². The molecule has 0 heterocycles. The molecule has 0 aliphatic carbocycles. The molecule has 0 aromatic heterocycles. The normalized spacial score (nSPS) is 11.4. The van der Waals surface area contributed by atoms with Crippen LogP contribution in [0.2, 0.25) is 5.02 Å². The molecule has 0 saturated carbocycles. The number of sulfonamides is 1. The van der Waals surface area contributed by atoms with E-state index in [9.17, 15) is 23.3 Å². The largest absolute Gasteiger partial charge is 0.325 e. The van der Waals surface area contributed by atoms with Gasteiger partial charge in [-0.3, -0.25) is 14.9 Å². The molecule has 27 heavy (non-hydrogen) atoms. The zero-order valence-corrected chi connectivity index (χ0v) is 16.5. The highest BCUT2D eigenvalue weighted by molar-refractivity contribution is 7.89. The Hall–Kier alpha value is -2.49. The number of rotatable bonds is 6. The Labute approximate surface area is 162 Å². The van der Waals surface area contributed by atoms with Crippen molar-refractivity contribution in [2.75, 3.05) is 18.9 Å². The summed E-state index contributed by atoms with van der Waals surface area (Å²) in [6.07, 6.45) is 0. The number of halogens is 1. The molecule has 10 heteroatoms. The number of nitro benzene ring substituents is 1. The van der Waals surface area contributed by atoms with Crippen LogP contribution in [0.1, 0.15) is 11.1 Å². The second-order valence-corrected chi connectivity index (χ2v) is 8.43. The maximum Gasteiger partial charge on any atom is 0.275 e. The van der Waals surface area contributed by atoms with Gasteiger partial charge in [-0.05, 0) is 32.0 Å². The van der Waals surface area contributed by atoms with Gasteiger partial charge in [-0.1, -0.05) is 29.3 Å². The Kier molecular flexibility index (Phi) is 6.19. The van der Waals surface area contributed by atoms with E-state index in [1.807, 2.05) is 19.1 Å². The monoisotopic (exact) mass is 411 g/mol. The molecule has 144 valence electrons. The highest BCUT2D eigenvalue weighted by Gasteiger charge is 2.27. The van der Waals surface area contributed by atoms with Crippen LogP contribution in [-0.2, 0) is 14.8 Å². The predicted molar refractivity (Wildman–Crippen MR) is 102 cm³/mol. The number of benzene rings is 2. The van der Waals surface area contributed by atoms with Crippen LogP contribution in [-0.4, -0.2) is 37.1 Å². The molecule has 2 rings (SSSR count). The fourth-order valence-corrected chi connectivity index (χ4v) is 3.74. The van der Waals surface area contributed by atoms with Crippen LogP contribution in [0.15, 0.2) is 41.3 Å². The molecule has 0 bridgehead atoms. The number of nitro groups is 1. The number of hydrogen-bond donors (Lipinski definition) is 1. The summed E-state index contributed by atoms with van der Waals surface area (Å²) >= 11 is 5.93. The van der Waals surface area contributed by atoms with Crippen molar-refractivity contribution in [3.05, 3.63) is 62.7 Å². The van der Waals surface area contributed by atoms with Crippen LogP contribution < -0.4 is 5.32 Å². The number of carbonyl (C=O) groups is 1. The third-order valence-corrected chi connectivity index (χ3v) is 6.07. The molecule has 0 aliphatic heterocycles. The number of nitrogens with zero attached hydrogens (tertiary/aromatic N) is 2. The summed E-state index contributed by atoms with van der Waals surface area (Å²) < 4.78 is 26.1. The minimum Gasteiger partial charge on any atom is -0.325 e. The van der Waals surface area contributed by atoms with Crippen LogP contribution in [0.5, 0.6) is 0 Å². The maximum absolute atomic E-state index is 12.7. The predicted octanol–water partition coefficient (Wildman–Crippen LogP) is 3.12.